The molecule has 5 nitrogen and oxygen atoms in total. The fraction of sp³-hybridized carbons (Fsp3) is 0.438. The van der Waals surface area contributed by atoms with Crippen molar-refractivity contribution in [1.82, 2.24) is 20.2 Å². The molecule has 8 heteroatoms. The number of carbonyl (C=O) groups is 1. The number of halogens is 2. The lowest BCUT2D eigenvalue weighted by Crippen LogP contribution is -2.41. The van der Waals surface area contributed by atoms with Crippen molar-refractivity contribution < 1.29 is 4.79 Å². The largest absolute Gasteiger partial charge is 0.338 e. The molecular weight excluding hydrogens is 367 g/mol. The fourth-order valence-electron chi connectivity index (χ4n) is 2.88. The summed E-state index contributed by atoms with van der Waals surface area (Å²) >= 11 is 1.56. The van der Waals surface area contributed by atoms with Crippen LogP contribution in [-0.4, -0.2) is 47.0 Å². The molecular formula is C16H22Cl2N4OS. The monoisotopic (exact) mass is 388 g/mol. The van der Waals surface area contributed by atoms with Crippen molar-refractivity contribution >= 4 is 42.1 Å². The molecule has 1 amide bonds. The summed E-state index contributed by atoms with van der Waals surface area (Å²) in [5, 5.41) is 6.07. The highest BCUT2D eigenvalue weighted by atomic mass is 35.5. The van der Waals surface area contributed by atoms with Crippen LogP contribution in [0.2, 0.25) is 0 Å². The van der Waals surface area contributed by atoms with Gasteiger partial charge in [-0.25, -0.2) is 4.98 Å². The number of likely N-dealkylation sites (N-methyl/N-ethyl adjacent to an activating group) is 1. The zero-order valence-electron chi connectivity index (χ0n) is 13.5. The average molecular weight is 389 g/mol. The second kappa shape index (κ2) is 9.93. The van der Waals surface area contributed by atoms with Crippen LogP contribution < -0.4 is 5.32 Å². The predicted molar refractivity (Wildman–Crippen MR) is 102 cm³/mol. The molecule has 24 heavy (non-hydrogen) atoms. The lowest BCUT2D eigenvalue weighted by atomic mass is 10.2. The first-order valence-corrected chi connectivity index (χ1v) is 8.45. The van der Waals surface area contributed by atoms with E-state index in [2.05, 4.69) is 15.3 Å². The topological polar surface area (TPSA) is 58.1 Å². The van der Waals surface area contributed by atoms with Crippen molar-refractivity contribution in [2.45, 2.75) is 25.3 Å². The molecule has 1 unspecified atom stereocenters. The smallest absolute Gasteiger partial charge is 0.228 e. The van der Waals surface area contributed by atoms with Crippen molar-refractivity contribution in [2.24, 2.45) is 0 Å². The van der Waals surface area contributed by atoms with Crippen LogP contribution in [0, 0.1) is 0 Å². The first-order valence-electron chi connectivity index (χ1n) is 7.57. The van der Waals surface area contributed by atoms with Gasteiger partial charge in [0.25, 0.3) is 0 Å². The molecule has 1 fully saturated rings. The van der Waals surface area contributed by atoms with E-state index in [9.17, 15) is 4.79 Å². The lowest BCUT2D eigenvalue weighted by molar-refractivity contribution is -0.131. The molecule has 1 aliphatic heterocycles. The summed E-state index contributed by atoms with van der Waals surface area (Å²) in [6, 6.07) is 4.21. The van der Waals surface area contributed by atoms with E-state index in [0.717, 1.165) is 42.2 Å². The highest BCUT2D eigenvalue weighted by Crippen LogP contribution is 2.24. The molecule has 0 spiro atoms. The third-order valence-electron chi connectivity index (χ3n) is 3.93. The maximum Gasteiger partial charge on any atom is 0.228 e. The van der Waals surface area contributed by atoms with Crippen LogP contribution in [0.15, 0.2) is 29.9 Å². The Kier molecular flexibility index (Phi) is 8.62. The number of hydrogen-bond donors (Lipinski definition) is 1. The maximum atomic E-state index is 12.5. The van der Waals surface area contributed by atoms with Crippen LogP contribution >= 0.6 is 36.2 Å². The van der Waals surface area contributed by atoms with E-state index in [1.807, 2.05) is 29.5 Å². The van der Waals surface area contributed by atoms with Crippen LogP contribution in [0.4, 0.5) is 0 Å². The van der Waals surface area contributed by atoms with Gasteiger partial charge in [0, 0.05) is 42.5 Å². The van der Waals surface area contributed by atoms with Gasteiger partial charge in [0.1, 0.15) is 5.01 Å². The molecule has 0 radical (unpaired) electrons. The predicted octanol–water partition coefficient (Wildman–Crippen LogP) is 2.80. The summed E-state index contributed by atoms with van der Waals surface area (Å²) in [4.78, 5) is 23.2. The average Bonchev–Trinajstić information content (AvgIpc) is 3.18. The van der Waals surface area contributed by atoms with Gasteiger partial charge in [-0.3, -0.25) is 9.78 Å². The third kappa shape index (κ3) is 4.89. The molecule has 1 aliphatic rings. The summed E-state index contributed by atoms with van der Waals surface area (Å²) in [7, 11) is 1.93. The van der Waals surface area contributed by atoms with Crippen molar-refractivity contribution in [3.63, 3.8) is 0 Å². The van der Waals surface area contributed by atoms with Gasteiger partial charge < -0.3 is 10.2 Å². The van der Waals surface area contributed by atoms with Crippen LogP contribution in [-0.2, 0) is 11.2 Å². The number of amides is 1. The quantitative estimate of drug-likeness (QED) is 0.855. The Balaban J connectivity index is 0.00000144. The first kappa shape index (κ1) is 20.8. The third-order valence-corrected chi connectivity index (χ3v) is 4.87. The van der Waals surface area contributed by atoms with Gasteiger partial charge in [0.2, 0.25) is 5.91 Å². The molecule has 3 heterocycles. The first-order chi connectivity index (χ1) is 10.8. The van der Waals surface area contributed by atoms with Crippen molar-refractivity contribution in [1.29, 1.82) is 0 Å². The molecule has 0 aromatic carbocycles. The standard InChI is InChI=1S/C16H20N4OS.2ClH/c1-17-10-14-5-3-7-20(14)15(21)8-13-11-22-16(19-13)12-4-2-6-18-9-12;;/h2,4,6,9,11,14,17H,3,5,7-8,10H2,1H3;2*1H. The van der Waals surface area contributed by atoms with E-state index in [0.29, 0.717) is 12.5 Å². The molecule has 1 saturated heterocycles. The highest BCUT2D eigenvalue weighted by Gasteiger charge is 2.28. The van der Waals surface area contributed by atoms with Gasteiger partial charge in [-0.1, -0.05) is 0 Å². The molecule has 1 atom stereocenters. The molecule has 2 aromatic rings. The van der Waals surface area contributed by atoms with Gasteiger partial charge in [0.05, 0.1) is 12.1 Å². The number of carbonyl (C=O) groups excluding carboxylic acids is 1. The van der Waals surface area contributed by atoms with Crippen molar-refractivity contribution in [3.05, 3.63) is 35.6 Å². The summed E-state index contributed by atoms with van der Waals surface area (Å²) in [6.07, 6.45) is 6.11. The number of rotatable bonds is 5. The van der Waals surface area contributed by atoms with Crippen LogP contribution in [0.3, 0.4) is 0 Å². The number of nitrogens with zero attached hydrogens (tertiary/aromatic N) is 3. The minimum Gasteiger partial charge on any atom is -0.338 e. The molecule has 0 saturated carbocycles. The number of aromatic nitrogens is 2. The van der Waals surface area contributed by atoms with Crippen LogP contribution in [0.25, 0.3) is 10.6 Å². The number of hydrogen-bond acceptors (Lipinski definition) is 5. The van der Waals surface area contributed by atoms with Gasteiger partial charge in [-0.2, -0.15) is 0 Å². The van der Waals surface area contributed by atoms with Gasteiger partial charge in [-0.15, -0.1) is 36.2 Å². The maximum absolute atomic E-state index is 12.5. The molecule has 0 bridgehead atoms. The Morgan fingerprint density at radius 2 is 2.29 bits per heavy atom. The Morgan fingerprint density at radius 3 is 3.00 bits per heavy atom. The second-order valence-electron chi connectivity index (χ2n) is 5.50. The zero-order chi connectivity index (χ0) is 15.4. The summed E-state index contributed by atoms with van der Waals surface area (Å²) in [6.45, 7) is 1.73. The number of nitrogens with one attached hydrogen (secondary N) is 1. The Morgan fingerprint density at radius 1 is 1.46 bits per heavy atom. The van der Waals surface area contributed by atoms with E-state index in [1.165, 1.54) is 0 Å². The van der Waals surface area contributed by atoms with Crippen molar-refractivity contribution in [3.8, 4) is 10.6 Å². The number of likely N-dealkylation sites (tertiary alicyclic amines) is 1. The van der Waals surface area contributed by atoms with E-state index < -0.39 is 0 Å². The molecule has 2 aromatic heterocycles. The SMILES string of the molecule is CNCC1CCCN1C(=O)Cc1csc(-c2cccnc2)n1.Cl.Cl. The lowest BCUT2D eigenvalue weighted by Gasteiger charge is -2.24. The Labute approximate surface area is 158 Å². The summed E-state index contributed by atoms with van der Waals surface area (Å²) in [5.41, 5.74) is 1.85. The second-order valence-corrected chi connectivity index (χ2v) is 6.36. The van der Waals surface area contributed by atoms with E-state index >= 15 is 0 Å². The minimum atomic E-state index is 0. The fourth-order valence-corrected chi connectivity index (χ4v) is 3.69. The zero-order valence-corrected chi connectivity index (χ0v) is 15.9. The highest BCUT2D eigenvalue weighted by molar-refractivity contribution is 7.13. The van der Waals surface area contributed by atoms with Gasteiger partial charge in [-0.05, 0) is 32.0 Å². The molecule has 0 aliphatic carbocycles. The van der Waals surface area contributed by atoms with Crippen LogP contribution in [0.1, 0.15) is 18.5 Å². The van der Waals surface area contributed by atoms with Crippen LogP contribution in [0.5, 0.6) is 0 Å². The van der Waals surface area contributed by atoms with Gasteiger partial charge >= 0.3 is 0 Å². The van der Waals surface area contributed by atoms with E-state index in [1.54, 1.807) is 23.7 Å². The normalized spacial score (nSPS) is 16.4. The molecule has 3 rings (SSSR count). The van der Waals surface area contributed by atoms with Gasteiger partial charge in [0.15, 0.2) is 0 Å². The number of thiazole rings is 1. The Bertz CT molecular complexity index is 638. The molecule has 132 valence electrons. The summed E-state index contributed by atoms with van der Waals surface area (Å²) in [5.74, 6) is 0.181. The summed E-state index contributed by atoms with van der Waals surface area (Å²) < 4.78 is 0. The molecule has 1 N–H and O–H groups in total. The minimum absolute atomic E-state index is 0. The number of pyridine rings is 1. The van der Waals surface area contributed by atoms with Crippen molar-refractivity contribution in [2.75, 3.05) is 20.1 Å². The van der Waals surface area contributed by atoms with E-state index in [4.69, 9.17) is 0 Å². The Hall–Kier alpha value is -1.21. The van der Waals surface area contributed by atoms with E-state index in [-0.39, 0.29) is 30.7 Å².